The number of hydrogen-bond donors (Lipinski definition) is 2. The summed E-state index contributed by atoms with van der Waals surface area (Å²) in [7, 11) is 0. The maximum Gasteiger partial charge on any atom is 0.272 e. The zero-order chi connectivity index (χ0) is 16.2. The third-order valence-electron chi connectivity index (χ3n) is 4.27. The molecule has 1 aliphatic rings. The van der Waals surface area contributed by atoms with Crippen LogP contribution >= 0.6 is 0 Å². The van der Waals surface area contributed by atoms with Crippen LogP contribution in [0.5, 0.6) is 0 Å². The van der Waals surface area contributed by atoms with Crippen LogP contribution in [0.3, 0.4) is 0 Å². The summed E-state index contributed by atoms with van der Waals surface area (Å²) in [4.78, 5) is 12.2. The van der Waals surface area contributed by atoms with Gasteiger partial charge in [-0.05, 0) is 36.6 Å². The molecule has 1 amide bonds. The summed E-state index contributed by atoms with van der Waals surface area (Å²) in [6, 6.07) is 6.55. The van der Waals surface area contributed by atoms with Crippen molar-refractivity contribution in [3.8, 4) is 0 Å². The predicted molar refractivity (Wildman–Crippen MR) is 83.2 cm³/mol. The number of nitrogens with one attached hydrogen (secondary N) is 1. The van der Waals surface area contributed by atoms with E-state index in [0.29, 0.717) is 11.7 Å². The van der Waals surface area contributed by atoms with Crippen molar-refractivity contribution in [1.29, 1.82) is 0 Å². The molecular weight excluding hydrogens is 297 g/mol. The van der Waals surface area contributed by atoms with Gasteiger partial charge in [0.2, 0.25) is 0 Å². The molecular formula is C17H20FN3O2. The van der Waals surface area contributed by atoms with Crippen molar-refractivity contribution in [2.24, 2.45) is 0 Å². The van der Waals surface area contributed by atoms with E-state index < -0.39 is 5.82 Å². The lowest BCUT2D eigenvalue weighted by molar-refractivity contribution is 0.0944. The molecule has 6 heteroatoms. The van der Waals surface area contributed by atoms with E-state index in [-0.39, 0.29) is 24.6 Å². The van der Waals surface area contributed by atoms with Crippen LogP contribution in [0.1, 0.15) is 53.3 Å². The molecule has 0 bridgehead atoms. The van der Waals surface area contributed by atoms with Crippen LogP contribution < -0.4 is 5.32 Å². The average molecular weight is 317 g/mol. The second-order valence-electron chi connectivity index (χ2n) is 5.89. The zero-order valence-electron chi connectivity index (χ0n) is 12.8. The van der Waals surface area contributed by atoms with Crippen molar-refractivity contribution < 1.29 is 14.3 Å². The van der Waals surface area contributed by atoms with Crippen molar-refractivity contribution >= 4 is 5.91 Å². The molecule has 23 heavy (non-hydrogen) atoms. The second-order valence-corrected chi connectivity index (χ2v) is 5.89. The zero-order valence-corrected chi connectivity index (χ0v) is 12.8. The molecule has 1 fully saturated rings. The summed E-state index contributed by atoms with van der Waals surface area (Å²) in [6.07, 6.45) is 6.50. The number of aliphatic hydroxyl groups is 1. The SMILES string of the molecule is O=C(NCc1ccc(F)c(CO)c1)c1ccn(C2CCCC2)n1. The molecule has 2 N–H and O–H groups in total. The molecule has 5 nitrogen and oxygen atoms in total. The van der Waals surface area contributed by atoms with Gasteiger partial charge in [-0.2, -0.15) is 5.10 Å². The van der Waals surface area contributed by atoms with Gasteiger partial charge in [0, 0.05) is 18.3 Å². The van der Waals surface area contributed by atoms with Crippen molar-refractivity contribution in [2.45, 2.75) is 44.9 Å². The van der Waals surface area contributed by atoms with Crippen molar-refractivity contribution in [3.05, 3.63) is 53.1 Å². The third kappa shape index (κ3) is 3.59. The van der Waals surface area contributed by atoms with Gasteiger partial charge in [-0.15, -0.1) is 0 Å². The molecule has 0 unspecified atom stereocenters. The first-order valence-electron chi connectivity index (χ1n) is 7.89. The number of halogens is 1. The van der Waals surface area contributed by atoms with Crippen molar-refractivity contribution in [3.63, 3.8) is 0 Å². The number of hydrogen-bond acceptors (Lipinski definition) is 3. The Morgan fingerprint density at radius 1 is 1.35 bits per heavy atom. The topological polar surface area (TPSA) is 67.2 Å². The Kier molecular flexibility index (Phi) is 4.71. The Hall–Kier alpha value is -2.21. The van der Waals surface area contributed by atoms with E-state index in [9.17, 15) is 9.18 Å². The standard InChI is InChI=1S/C17H20FN3O2/c18-15-6-5-12(9-13(15)11-22)10-19-17(23)16-7-8-21(20-16)14-3-1-2-4-14/h5-9,14,22H,1-4,10-11H2,(H,19,23). The summed E-state index contributed by atoms with van der Waals surface area (Å²) in [5, 5.41) is 16.2. The maximum atomic E-state index is 13.3. The van der Waals surface area contributed by atoms with E-state index >= 15 is 0 Å². The van der Waals surface area contributed by atoms with Crippen molar-refractivity contribution in [2.75, 3.05) is 0 Å². The minimum atomic E-state index is -0.446. The van der Waals surface area contributed by atoms with Gasteiger partial charge >= 0.3 is 0 Å². The Morgan fingerprint density at radius 2 is 2.13 bits per heavy atom. The average Bonchev–Trinajstić information content (AvgIpc) is 3.24. The maximum absolute atomic E-state index is 13.3. The first kappa shape index (κ1) is 15.7. The fraction of sp³-hybridized carbons (Fsp3) is 0.412. The van der Waals surface area contributed by atoms with Gasteiger partial charge in [-0.3, -0.25) is 9.48 Å². The minimum Gasteiger partial charge on any atom is -0.392 e. The molecule has 1 saturated carbocycles. The molecule has 0 atom stereocenters. The third-order valence-corrected chi connectivity index (χ3v) is 4.27. The number of rotatable bonds is 5. The number of carbonyl (C=O) groups excluding carboxylic acids is 1. The number of aromatic nitrogens is 2. The Bertz CT molecular complexity index is 693. The van der Waals surface area contributed by atoms with E-state index in [1.165, 1.54) is 18.9 Å². The molecule has 0 spiro atoms. The van der Waals surface area contributed by atoms with Crippen LogP contribution in [0.25, 0.3) is 0 Å². The van der Waals surface area contributed by atoms with Gasteiger partial charge in [-0.25, -0.2) is 4.39 Å². The highest BCUT2D eigenvalue weighted by molar-refractivity contribution is 5.92. The molecule has 1 aromatic heterocycles. The lowest BCUT2D eigenvalue weighted by atomic mass is 10.1. The Balaban J connectivity index is 1.61. The monoisotopic (exact) mass is 317 g/mol. The van der Waals surface area contributed by atoms with E-state index in [1.54, 1.807) is 18.2 Å². The largest absolute Gasteiger partial charge is 0.392 e. The molecule has 0 saturated heterocycles. The first-order valence-corrected chi connectivity index (χ1v) is 7.89. The summed E-state index contributed by atoms with van der Waals surface area (Å²) in [6.45, 7) is -0.0954. The molecule has 122 valence electrons. The lowest BCUT2D eigenvalue weighted by Gasteiger charge is -2.09. The van der Waals surface area contributed by atoms with Crippen LogP contribution in [0.2, 0.25) is 0 Å². The number of benzene rings is 1. The van der Waals surface area contributed by atoms with Crippen LogP contribution in [0, 0.1) is 5.82 Å². The molecule has 0 radical (unpaired) electrons. The Labute approximate surface area is 134 Å². The normalized spacial score (nSPS) is 15.0. The Morgan fingerprint density at radius 3 is 2.87 bits per heavy atom. The summed E-state index contributed by atoms with van der Waals surface area (Å²) in [5.41, 5.74) is 1.35. The number of nitrogens with zero attached hydrogens (tertiary/aromatic N) is 2. The van der Waals surface area contributed by atoms with Crippen LogP contribution in [0.15, 0.2) is 30.5 Å². The predicted octanol–water partition coefficient (Wildman–Crippen LogP) is 2.56. The lowest BCUT2D eigenvalue weighted by Crippen LogP contribution is -2.23. The van der Waals surface area contributed by atoms with Crippen LogP contribution in [-0.4, -0.2) is 20.8 Å². The van der Waals surface area contributed by atoms with E-state index in [0.717, 1.165) is 18.4 Å². The summed E-state index contributed by atoms with van der Waals surface area (Å²) in [5.74, 6) is -0.700. The van der Waals surface area contributed by atoms with E-state index in [2.05, 4.69) is 10.4 Å². The second kappa shape index (κ2) is 6.91. The fourth-order valence-electron chi connectivity index (χ4n) is 2.96. The van der Waals surface area contributed by atoms with Gasteiger partial charge in [0.15, 0.2) is 0 Å². The summed E-state index contributed by atoms with van der Waals surface area (Å²) >= 11 is 0. The van der Waals surface area contributed by atoms with Gasteiger partial charge in [0.1, 0.15) is 11.5 Å². The number of aliphatic hydroxyl groups excluding tert-OH is 1. The highest BCUT2D eigenvalue weighted by Gasteiger charge is 2.19. The van der Waals surface area contributed by atoms with Gasteiger partial charge in [0.05, 0.1) is 12.6 Å². The van der Waals surface area contributed by atoms with Gasteiger partial charge in [0.25, 0.3) is 5.91 Å². The molecule has 1 aliphatic carbocycles. The van der Waals surface area contributed by atoms with Gasteiger partial charge in [-0.1, -0.05) is 18.9 Å². The highest BCUT2D eigenvalue weighted by Crippen LogP contribution is 2.28. The van der Waals surface area contributed by atoms with Crippen molar-refractivity contribution in [1.82, 2.24) is 15.1 Å². The molecule has 1 aromatic carbocycles. The van der Waals surface area contributed by atoms with Gasteiger partial charge < -0.3 is 10.4 Å². The highest BCUT2D eigenvalue weighted by atomic mass is 19.1. The minimum absolute atomic E-state index is 0.224. The quantitative estimate of drug-likeness (QED) is 0.890. The molecule has 1 heterocycles. The fourth-order valence-corrected chi connectivity index (χ4v) is 2.96. The summed E-state index contributed by atoms with van der Waals surface area (Å²) < 4.78 is 15.2. The molecule has 3 rings (SSSR count). The molecule has 2 aromatic rings. The number of carbonyl (C=O) groups is 1. The molecule has 0 aliphatic heterocycles. The smallest absolute Gasteiger partial charge is 0.272 e. The van der Waals surface area contributed by atoms with Crippen LogP contribution in [0.4, 0.5) is 4.39 Å². The van der Waals surface area contributed by atoms with E-state index in [1.807, 2.05) is 10.9 Å². The number of amides is 1. The van der Waals surface area contributed by atoms with E-state index in [4.69, 9.17) is 5.11 Å². The first-order chi connectivity index (χ1) is 11.2. The van der Waals surface area contributed by atoms with Crippen LogP contribution in [-0.2, 0) is 13.2 Å².